The van der Waals surface area contributed by atoms with E-state index < -0.39 is 0 Å². The predicted octanol–water partition coefficient (Wildman–Crippen LogP) is 4.26. The molecule has 1 heterocycles. The first-order valence-corrected chi connectivity index (χ1v) is 7.58. The summed E-state index contributed by atoms with van der Waals surface area (Å²) in [6.45, 7) is 1.31. The average molecular weight is 346 g/mol. The molecule has 1 aromatic heterocycles. The predicted molar refractivity (Wildman–Crippen MR) is 83.5 cm³/mol. The Morgan fingerprint density at radius 3 is 2.83 bits per heavy atom. The highest BCUT2D eigenvalue weighted by atomic mass is 79.9. The Kier molecular flexibility index (Phi) is 4.67. The highest BCUT2D eigenvalue weighted by Gasteiger charge is 2.11. The van der Waals surface area contributed by atoms with Gasteiger partial charge in [-0.05, 0) is 44.6 Å². The second-order valence-corrected chi connectivity index (χ2v) is 6.76. The lowest BCUT2D eigenvalue weighted by molar-refractivity contribution is 0.907. The van der Waals surface area contributed by atoms with E-state index in [-0.39, 0.29) is 0 Å². The molecule has 0 amide bonds. The van der Waals surface area contributed by atoms with Crippen molar-refractivity contribution in [3.05, 3.63) is 49.6 Å². The van der Waals surface area contributed by atoms with Gasteiger partial charge in [0.05, 0.1) is 14.5 Å². The molecule has 0 radical (unpaired) electrons. The highest BCUT2D eigenvalue weighted by Crippen LogP contribution is 2.31. The Balaban J connectivity index is 2.25. The Labute approximate surface area is 124 Å². The Hall–Kier alpha value is -0.550. The molecule has 1 aromatic carbocycles. The summed E-state index contributed by atoms with van der Waals surface area (Å²) in [6, 6.07) is 7.97. The van der Waals surface area contributed by atoms with Crippen molar-refractivity contribution in [3.8, 4) is 0 Å². The van der Waals surface area contributed by atoms with E-state index in [0.29, 0.717) is 6.54 Å². The van der Waals surface area contributed by atoms with Crippen molar-refractivity contribution in [2.45, 2.75) is 13.1 Å². The van der Waals surface area contributed by atoms with E-state index in [0.717, 1.165) is 26.6 Å². The van der Waals surface area contributed by atoms with E-state index in [1.807, 2.05) is 25.2 Å². The number of anilines is 1. The molecule has 5 heteroatoms. The van der Waals surface area contributed by atoms with Gasteiger partial charge in [0.15, 0.2) is 0 Å². The normalized spacial score (nSPS) is 10.7. The summed E-state index contributed by atoms with van der Waals surface area (Å²) < 4.78 is 1.14. The molecule has 0 unspecified atom stereocenters. The molecule has 0 saturated heterocycles. The summed E-state index contributed by atoms with van der Waals surface area (Å²) in [7, 11) is 2.03. The Morgan fingerprint density at radius 1 is 1.44 bits per heavy atom. The minimum atomic E-state index is 0.494. The number of nitrogens with two attached hydrogens (primary N) is 1. The number of benzene rings is 1. The number of para-hydroxylation sites is 1. The molecule has 2 nitrogen and oxygen atoms in total. The molecule has 0 aliphatic carbocycles. The van der Waals surface area contributed by atoms with Gasteiger partial charge in [-0.3, -0.25) is 0 Å². The zero-order valence-corrected chi connectivity index (χ0v) is 13.1. The van der Waals surface area contributed by atoms with Crippen LogP contribution in [0, 0.1) is 0 Å². The van der Waals surface area contributed by atoms with Crippen LogP contribution in [0.25, 0.3) is 0 Å². The molecule has 2 rings (SSSR count). The van der Waals surface area contributed by atoms with Crippen molar-refractivity contribution in [2.75, 3.05) is 11.9 Å². The number of nitrogens with zero attached hydrogens (tertiary/aromatic N) is 1. The number of hydrogen-bond acceptors (Lipinski definition) is 3. The van der Waals surface area contributed by atoms with Crippen molar-refractivity contribution < 1.29 is 0 Å². The van der Waals surface area contributed by atoms with Crippen LogP contribution in [-0.4, -0.2) is 7.05 Å². The molecule has 2 N–H and O–H groups in total. The fourth-order valence-corrected chi connectivity index (χ4v) is 3.47. The molecule has 0 saturated carbocycles. The molecular weight excluding hydrogens is 332 g/mol. The lowest BCUT2D eigenvalue weighted by Crippen LogP contribution is -2.19. The fourth-order valence-electron chi connectivity index (χ4n) is 1.93. The van der Waals surface area contributed by atoms with Crippen LogP contribution in [0.4, 0.5) is 5.69 Å². The quantitative estimate of drug-likeness (QED) is 0.897. The van der Waals surface area contributed by atoms with Gasteiger partial charge in [0.1, 0.15) is 0 Å². The van der Waals surface area contributed by atoms with Gasteiger partial charge in [-0.25, -0.2) is 0 Å². The molecule has 0 aliphatic rings. The second kappa shape index (κ2) is 6.06. The lowest BCUT2D eigenvalue weighted by atomic mass is 10.1. The van der Waals surface area contributed by atoms with Gasteiger partial charge < -0.3 is 10.6 Å². The van der Waals surface area contributed by atoms with Gasteiger partial charge in [0, 0.05) is 20.1 Å². The Bertz CT molecular complexity index is 542. The van der Waals surface area contributed by atoms with Crippen LogP contribution in [0.1, 0.15) is 11.1 Å². The van der Waals surface area contributed by atoms with Crippen LogP contribution in [-0.2, 0) is 13.1 Å². The maximum atomic E-state index is 6.27. The second-order valence-electron chi connectivity index (χ2n) is 4.07. The van der Waals surface area contributed by atoms with Crippen molar-refractivity contribution >= 4 is 44.6 Å². The maximum absolute atomic E-state index is 6.27. The molecule has 0 fully saturated rings. The van der Waals surface area contributed by atoms with Crippen LogP contribution in [0.5, 0.6) is 0 Å². The summed E-state index contributed by atoms with van der Waals surface area (Å²) >= 11 is 11.4. The Morgan fingerprint density at radius 2 is 2.22 bits per heavy atom. The van der Waals surface area contributed by atoms with E-state index in [1.165, 1.54) is 5.56 Å². The van der Waals surface area contributed by atoms with Crippen LogP contribution < -0.4 is 10.6 Å². The minimum Gasteiger partial charge on any atom is -0.369 e. The summed E-state index contributed by atoms with van der Waals surface area (Å²) in [5, 5.41) is 2.88. The van der Waals surface area contributed by atoms with E-state index in [1.54, 1.807) is 11.3 Å². The third-order valence-electron chi connectivity index (χ3n) is 2.71. The average Bonchev–Trinajstić information content (AvgIpc) is 2.74. The van der Waals surface area contributed by atoms with Crippen molar-refractivity contribution in [3.63, 3.8) is 0 Å². The van der Waals surface area contributed by atoms with Crippen LogP contribution in [0.3, 0.4) is 0 Å². The molecule has 2 aromatic rings. The largest absolute Gasteiger partial charge is 0.369 e. The summed E-state index contributed by atoms with van der Waals surface area (Å²) in [4.78, 5) is 2.14. The summed E-state index contributed by atoms with van der Waals surface area (Å²) in [6.07, 6.45) is 0. The zero-order valence-electron chi connectivity index (χ0n) is 9.99. The minimum absolute atomic E-state index is 0.494. The third-order valence-corrected chi connectivity index (χ3v) is 4.57. The fraction of sp³-hybridized carbons (Fsp3) is 0.231. The third kappa shape index (κ3) is 3.06. The summed E-state index contributed by atoms with van der Waals surface area (Å²) in [5.74, 6) is 0. The molecule has 0 atom stereocenters. The number of hydrogen-bond donors (Lipinski definition) is 1. The van der Waals surface area contributed by atoms with E-state index in [4.69, 9.17) is 17.3 Å². The first-order valence-electron chi connectivity index (χ1n) is 5.53. The molecule has 96 valence electrons. The lowest BCUT2D eigenvalue weighted by Gasteiger charge is -2.23. The summed E-state index contributed by atoms with van der Waals surface area (Å²) in [5.41, 5.74) is 9.11. The SMILES string of the molecule is CN(Cc1csc(Br)c1)c1c(Cl)cccc1CN. The first kappa shape index (κ1) is 13.9. The van der Waals surface area contributed by atoms with Gasteiger partial charge in [-0.1, -0.05) is 23.7 Å². The maximum Gasteiger partial charge on any atom is 0.0701 e. The molecule has 0 bridgehead atoms. The number of thiophene rings is 1. The highest BCUT2D eigenvalue weighted by molar-refractivity contribution is 9.11. The van der Waals surface area contributed by atoms with Gasteiger partial charge >= 0.3 is 0 Å². The number of rotatable bonds is 4. The zero-order chi connectivity index (χ0) is 13.1. The van der Waals surface area contributed by atoms with Crippen molar-refractivity contribution in [1.82, 2.24) is 0 Å². The van der Waals surface area contributed by atoms with Crippen LogP contribution in [0.15, 0.2) is 33.4 Å². The monoisotopic (exact) mass is 344 g/mol. The van der Waals surface area contributed by atoms with E-state index >= 15 is 0 Å². The number of halogens is 2. The molecule has 0 spiro atoms. The van der Waals surface area contributed by atoms with E-state index in [2.05, 4.69) is 32.3 Å². The van der Waals surface area contributed by atoms with Crippen LogP contribution >= 0.6 is 38.9 Å². The molecule has 0 aliphatic heterocycles. The molecule has 18 heavy (non-hydrogen) atoms. The first-order chi connectivity index (χ1) is 8.61. The van der Waals surface area contributed by atoms with Gasteiger partial charge in [-0.15, -0.1) is 11.3 Å². The van der Waals surface area contributed by atoms with Crippen molar-refractivity contribution in [2.24, 2.45) is 5.73 Å². The van der Waals surface area contributed by atoms with E-state index in [9.17, 15) is 0 Å². The molecular formula is C13H14BrClN2S. The topological polar surface area (TPSA) is 29.3 Å². The van der Waals surface area contributed by atoms with Crippen LogP contribution in [0.2, 0.25) is 5.02 Å². The van der Waals surface area contributed by atoms with Gasteiger partial charge in [0.2, 0.25) is 0 Å². The van der Waals surface area contributed by atoms with Gasteiger partial charge in [0.25, 0.3) is 0 Å². The smallest absolute Gasteiger partial charge is 0.0701 e. The van der Waals surface area contributed by atoms with Crippen molar-refractivity contribution in [1.29, 1.82) is 0 Å². The van der Waals surface area contributed by atoms with Gasteiger partial charge in [-0.2, -0.15) is 0 Å². The standard InChI is InChI=1S/C13H14BrClN2S/c1-17(7-9-5-12(14)18-8-9)13-10(6-16)3-2-4-11(13)15/h2-5,8H,6-7,16H2,1H3.